The van der Waals surface area contributed by atoms with E-state index in [1.165, 1.54) is 0 Å². The van der Waals surface area contributed by atoms with Crippen LogP contribution in [0, 0.1) is 6.92 Å². The number of hydrogen-bond donors (Lipinski definition) is 1. The van der Waals surface area contributed by atoms with E-state index in [0.717, 1.165) is 28.3 Å². The second kappa shape index (κ2) is 7.39. The molecule has 0 bridgehead atoms. The van der Waals surface area contributed by atoms with Crippen molar-refractivity contribution in [3.8, 4) is 5.75 Å². The Morgan fingerprint density at radius 3 is 2.63 bits per heavy atom. The number of carboxylic acids is 1. The number of benzene rings is 1. The third-order valence-electron chi connectivity index (χ3n) is 2.96. The number of aryl methyl sites for hydroxylation is 1. The van der Waals surface area contributed by atoms with Crippen molar-refractivity contribution in [3.05, 3.63) is 28.3 Å². The average Bonchev–Trinajstić information content (AvgIpc) is 2.30. The Bertz CT molecular complexity index is 441. The second-order valence-electron chi connectivity index (χ2n) is 4.99. The molecule has 0 heterocycles. The van der Waals surface area contributed by atoms with E-state index >= 15 is 0 Å². The van der Waals surface area contributed by atoms with Gasteiger partial charge in [0.15, 0.2) is 0 Å². The number of carboxylic acid groups (broad SMARTS) is 1. The molecule has 0 saturated heterocycles. The van der Waals surface area contributed by atoms with E-state index in [-0.39, 0.29) is 6.42 Å². The number of aliphatic carboxylic acids is 1. The van der Waals surface area contributed by atoms with Crippen molar-refractivity contribution in [1.29, 1.82) is 0 Å². The molecule has 0 aliphatic carbocycles. The van der Waals surface area contributed by atoms with Crippen LogP contribution in [0.15, 0.2) is 12.1 Å². The molecule has 0 spiro atoms. The van der Waals surface area contributed by atoms with E-state index in [4.69, 9.17) is 21.4 Å². The van der Waals surface area contributed by atoms with Crippen LogP contribution in [0.1, 0.15) is 50.2 Å². The summed E-state index contributed by atoms with van der Waals surface area (Å²) < 4.78 is 5.71. The van der Waals surface area contributed by atoms with Gasteiger partial charge in [-0.3, -0.25) is 4.79 Å². The summed E-state index contributed by atoms with van der Waals surface area (Å²) in [5.41, 5.74) is 2.08. The van der Waals surface area contributed by atoms with Crippen LogP contribution < -0.4 is 4.74 Å². The van der Waals surface area contributed by atoms with Crippen molar-refractivity contribution >= 4 is 17.6 Å². The number of ether oxygens (including phenoxy) is 1. The van der Waals surface area contributed by atoms with E-state index in [0.29, 0.717) is 18.9 Å². The number of halogens is 1. The highest BCUT2D eigenvalue weighted by Gasteiger charge is 2.10. The molecule has 1 rings (SSSR count). The van der Waals surface area contributed by atoms with Gasteiger partial charge in [-0.15, -0.1) is 0 Å². The molecule has 1 aromatic rings. The highest BCUT2D eigenvalue weighted by Crippen LogP contribution is 2.31. The molecule has 0 atom stereocenters. The molecule has 4 heteroatoms. The van der Waals surface area contributed by atoms with Gasteiger partial charge in [-0.2, -0.15) is 0 Å². The Labute approximate surface area is 119 Å². The Morgan fingerprint density at radius 2 is 2.05 bits per heavy atom. The summed E-state index contributed by atoms with van der Waals surface area (Å²) in [7, 11) is 0. The fourth-order valence-electron chi connectivity index (χ4n) is 1.83. The largest absolute Gasteiger partial charge is 0.493 e. The van der Waals surface area contributed by atoms with Crippen molar-refractivity contribution < 1.29 is 14.6 Å². The molecule has 0 amide bonds. The van der Waals surface area contributed by atoms with Gasteiger partial charge in [-0.25, -0.2) is 0 Å². The molecule has 0 fully saturated rings. The van der Waals surface area contributed by atoms with Crippen LogP contribution in [-0.4, -0.2) is 17.7 Å². The summed E-state index contributed by atoms with van der Waals surface area (Å²) >= 11 is 6.19. The zero-order valence-corrected chi connectivity index (χ0v) is 12.5. The van der Waals surface area contributed by atoms with E-state index in [2.05, 4.69) is 13.8 Å². The van der Waals surface area contributed by atoms with Crippen LogP contribution in [-0.2, 0) is 4.79 Å². The highest BCUT2D eigenvalue weighted by atomic mass is 35.5. The third kappa shape index (κ3) is 5.11. The molecule has 0 aromatic heterocycles. The van der Waals surface area contributed by atoms with Gasteiger partial charge in [0, 0.05) is 11.4 Å². The van der Waals surface area contributed by atoms with Gasteiger partial charge in [0.25, 0.3) is 0 Å². The standard InChI is InChI=1S/C15H21ClO3/c1-10(2)12-9-14(11(3)8-13(12)16)19-7-5-4-6-15(17)18/h8-10H,4-7H2,1-3H3,(H,17,18). The first kappa shape index (κ1) is 15.8. The minimum absolute atomic E-state index is 0.195. The Morgan fingerprint density at radius 1 is 1.37 bits per heavy atom. The molecule has 3 nitrogen and oxygen atoms in total. The summed E-state index contributed by atoms with van der Waals surface area (Å²) in [6.45, 7) is 6.68. The summed E-state index contributed by atoms with van der Waals surface area (Å²) in [5.74, 6) is 0.427. The van der Waals surface area contributed by atoms with Crippen LogP contribution in [0.3, 0.4) is 0 Å². The summed E-state index contributed by atoms with van der Waals surface area (Å²) in [5, 5.41) is 9.32. The topological polar surface area (TPSA) is 46.5 Å². The van der Waals surface area contributed by atoms with Gasteiger partial charge in [-0.1, -0.05) is 25.4 Å². The lowest BCUT2D eigenvalue weighted by atomic mass is 10.0. The fraction of sp³-hybridized carbons (Fsp3) is 0.533. The van der Waals surface area contributed by atoms with Crippen molar-refractivity contribution in [2.75, 3.05) is 6.61 Å². The lowest BCUT2D eigenvalue weighted by molar-refractivity contribution is -0.137. The van der Waals surface area contributed by atoms with E-state index in [1.807, 2.05) is 19.1 Å². The first-order valence-electron chi connectivity index (χ1n) is 6.56. The molecular formula is C15H21ClO3. The van der Waals surface area contributed by atoms with Crippen LogP contribution in [0.4, 0.5) is 0 Å². The highest BCUT2D eigenvalue weighted by molar-refractivity contribution is 6.31. The Hall–Kier alpha value is -1.22. The van der Waals surface area contributed by atoms with Crippen LogP contribution in [0.2, 0.25) is 5.02 Å². The number of rotatable bonds is 7. The van der Waals surface area contributed by atoms with Crippen molar-refractivity contribution in [1.82, 2.24) is 0 Å². The number of hydrogen-bond acceptors (Lipinski definition) is 2. The normalized spacial score (nSPS) is 10.8. The second-order valence-corrected chi connectivity index (χ2v) is 5.40. The monoisotopic (exact) mass is 284 g/mol. The zero-order valence-electron chi connectivity index (χ0n) is 11.7. The quantitative estimate of drug-likeness (QED) is 0.755. The molecule has 1 aromatic carbocycles. The molecule has 0 unspecified atom stereocenters. The first-order chi connectivity index (χ1) is 8.91. The summed E-state index contributed by atoms with van der Waals surface area (Å²) in [6.07, 6.45) is 1.57. The molecule has 19 heavy (non-hydrogen) atoms. The Kier molecular flexibility index (Phi) is 6.16. The smallest absolute Gasteiger partial charge is 0.303 e. The van der Waals surface area contributed by atoms with Crippen molar-refractivity contribution in [3.63, 3.8) is 0 Å². The number of carbonyl (C=O) groups is 1. The molecule has 0 aliphatic heterocycles. The fourth-order valence-corrected chi connectivity index (χ4v) is 2.26. The van der Waals surface area contributed by atoms with Gasteiger partial charge >= 0.3 is 5.97 Å². The predicted molar refractivity (Wildman–Crippen MR) is 77.3 cm³/mol. The molecule has 0 aliphatic rings. The SMILES string of the molecule is Cc1cc(Cl)c(C(C)C)cc1OCCCCC(=O)O. The van der Waals surface area contributed by atoms with Gasteiger partial charge in [0.2, 0.25) is 0 Å². The lowest BCUT2D eigenvalue weighted by Crippen LogP contribution is -2.02. The van der Waals surface area contributed by atoms with Gasteiger partial charge in [0.05, 0.1) is 6.61 Å². The molecule has 106 valence electrons. The predicted octanol–water partition coefficient (Wildman–Crippen LogP) is 4.41. The van der Waals surface area contributed by atoms with Gasteiger partial charge < -0.3 is 9.84 Å². The van der Waals surface area contributed by atoms with E-state index in [1.54, 1.807) is 0 Å². The third-order valence-corrected chi connectivity index (χ3v) is 3.29. The van der Waals surface area contributed by atoms with Gasteiger partial charge in [0.1, 0.15) is 5.75 Å². The van der Waals surface area contributed by atoms with E-state index in [9.17, 15) is 4.79 Å². The maximum Gasteiger partial charge on any atom is 0.303 e. The van der Waals surface area contributed by atoms with Crippen LogP contribution in [0.25, 0.3) is 0 Å². The van der Waals surface area contributed by atoms with Crippen LogP contribution in [0.5, 0.6) is 5.75 Å². The van der Waals surface area contributed by atoms with Crippen molar-refractivity contribution in [2.24, 2.45) is 0 Å². The molecule has 0 radical (unpaired) electrons. The Balaban J connectivity index is 2.58. The van der Waals surface area contributed by atoms with Gasteiger partial charge in [-0.05, 0) is 48.9 Å². The first-order valence-corrected chi connectivity index (χ1v) is 6.94. The maximum absolute atomic E-state index is 10.4. The van der Waals surface area contributed by atoms with Crippen LogP contribution >= 0.6 is 11.6 Å². The zero-order chi connectivity index (χ0) is 14.4. The maximum atomic E-state index is 10.4. The average molecular weight is 285 g/mol. The minimum Gasteiger partial charge on any atom is -0.493 e. The minimum atomic E-state index is -0.759. The molecule has 1 N–H and O–H groups in total. The van der Waals surface area contributed by atoms with E-state index < -0.39 is 5.97 Å². The molecular weight excluding hydrogens is 264 g/mol. The molecule has 0 saturated carbocycles. The number of unbranched alkanes of at least 4 members (excludes halogenated alkanes) is 1. The van der Waals surface area contributed by atoms with Crippen molar-refractivity contribution in [2.45, 2.75) is 46.0 Å². The summed E-state index contributed by atoms with van der Waals surface area (Å²) in [4.78, 5) is 10.4. The summed E-state index contributed by atoms with van der Waals surface area (Å²) in [6, 6.07) is 3.91. The lowest BCUT2D eigenvalue weighted by Gasteiger charge is -2.14.